The minimum absolute atomic E-state index is 0.0663. The van der Waals surface area contributed by atoms with Gasteiger partial charge in [0.1, 0.15) is 0 Å². The molecule has 22 heavy (non-hydrogen) atoms. The van der Waals surface area contributed by atoms with Crippen LogP contribution in [0.3, 0.4) is 0 Å². The van der Waals surface area contributed by atoms with Crippen molar-refractivity contribution in [2.45, 2.75) is 20.8 Å². The molecule has 1 fully saturated rings. The van der Waals surface area contributed by atoms with Crippen LogP contribution in [0.2, 0.25) is 0 Å². The molecule has 0 saturated carbocycles. The molecular weight excluding hydrogens is 286 g/mol. The van der Waals surface area contributed by atoms with Crippen LogP contribution in [0.1, 0.15) is 28.7 Å². The van der Waals surface area contributed by atoms with Crippen LogP contribution in [0.15, 0.2) is 10.6 Å². The van der Waals surface area contributed by atoms with Crippen molar-refractivity contribution in [1.29, 1.82) is 0 Å². The van der Waals surface area contributed by atoms with E-state index in [4.69, 9.17) is 4.52 Å². The molecule has 0 bridgehead atoms. The number of nitrogens with zero attached hydrogens (tertiary/aromatic N) is 3. The molecule has 0 aliphatic carbocycles. The van der Waals surface area contributed by atoms with Crippen LogP contribution in [0.25, 0.3) is 11.1 Å². The molecule has 1 aliphatic heterocycles. The zero-order valence-corrected chi connectivity index (χ0v) is 12.7. The van der Waals surface area contributed by atoms with Crippen LogP contribution >= 0.6 is 0 Å². The Morgan fingerprint density at radius 3 is 2.73 bits per heavy atom. The molecule has 2 aromatic heterocycles. The number of hydrogen-bond donors (Lipinski definition) is 1. The zero-order valence-electron chi connectivity index (χ0n) is 12.7. The maximum Gasteiger partial charge on any atom is 0.308 e. The molecule has 1 aliphatic rings. The van der Waals surface area contributed by atoms with E-state index in [1.54, 1.807) is 24.8 Å². The smallest absolute Gasteiger partial charge is 0.308 e. The highest BCUT2D eigenvalue weighted by Crippen LogP contribution is 2.28. The van der Waals surface area contributed by atoms with Gasteiger partial charge in [0.25, 0.3) is 11.6 Å². The second-order valence-corrected chi connectivity index (χ2v) is 5.89. The SMILES string of the molecule is Cc1cc(C(=O)N2C[C@@H](C)[C@H](C(=O)O)C2)c2c(C)noc2n1. The maximum absolute atomic E-state index is 12.8. The average molecular weight is 303 g/mol. The number of carbonyl (C=O) groups is 2. The summed E-state index contributed by atoms with van der Waals surface area (Å²) >= 11 is 0. The molecule has 2 aromatic rings. The quantitative estimate of drug-likeness (QED) is 0.905. The molecule has 0 spiro atoms. The summed E-state index contributed by atoms with van der Waals surface area (Å²) in [7, 11) is 0. The number of likely N-dealkylation sites (tertiary alicyclic amines) is 1. The molecule has 3 heterocycles. The normalized spacial score (nSPS) is 21.5. The van der Waals surface area contributed by atoms with Crippen molar-refractivity contribution in [3.63, 3.8) is 0 Å². The van der Waals surface area contributed by atoms with E-state index in [0.717, 1.165) is 0 Å². The second kappa shape index (κ2) is 5.08. The molecule has 0 radical (unpaired) electrons. The van der Waals surface area contributed by atoms with Gasteiger partial charge < -0.3 is 14.5 Å². The van der Waals surface area contributed by atoms with Crippen molar-refractivity contribution in [3.05, 3.63) is 23.0 Å². The van der Waals surface area contributed by atoms with Crippen LogP contribution in [0.5, 0.6) is 0 Å². The van der Waals surface area contributed by atoms with Gasteiger partial charge in [0.2, 0.25) is 0 Å². The average Bonchev–Trinajstić information content (AvgIpc) is 3.01. The fraction of sp³-hybridized carbons (Fsp3) is 0.467. The van der Waals surface area contributed by atoms with Crippen molar-refractivity contribution >= 4 is 23.0 Å². The number of rotatable bonds is 2. The number of aryl methyl sites for hydroxylation is 2. The molecular formula is C15H17N3O4. The van der Waals surface area contributed by atoms with E-state index < -0.39 is 11.9 Å². The van der Waals surface area contributed by atoms with Gasteiger partial charge in [0.05, 0.1) is 22.6 Å². The molecule has 0 aromatic carbocycles. The predicted molar refractivity (Wildman–Crippen MR) is 77.5 cm³/mol. The lowest BCUT2D eigenvalue weighted by molar-refractivity contribution is -0.142. The van der Waals surface area contributed by atoms with Crippen molar-refractivity contribution < 1.29 is 19.2 Å². The first kappa shape index (κ1) is 14.5. The number of fused-ring (bicyclic) bond motifs is 1. The summed E-state index contributed by atoms with van der Waals surface area (Å²) in [5.74, 6) is -1.65. The zero-order chi connectivity index (χ0) is 16.0. The van der Waals surface area contributed by atoms with Crippen molar-refractivity contribution in [2.75, 3.05) is 13.1 Å². The van der Waals surface area contributed by atoms with Crippen LogP contribution in [0, 0.1) is 25.7 Å². The molecule has 0 unspecified atom stereocenters. The molecule has 1 amide bonds. The van der Waals surface area contributed by atoms with Gasteiger partial charge in [-0.25, -0.2) is 4.98 Å². The van der Waals surface area contributed by atoms with E-state index in [0.29, 0.717) is 34.6 Å². The first-order chi connectivity index (χ1) is 10.4. The first-order valence-electron chi connectivity index (χ1n) is 7.14. The Bertz CT molecular complexity index is 767. The lowest BCUT2D eigenvalue weighted by Crippen LogP contribution is -2.30. The van der Waals surface area contributed by atoms with Gasteiger partial charge in [-0.05, 0) is 25.8 Å². The van der Waals surface area contributed by atoms with Gasteiger partial charge in [0, 0.05) is 18.8 Å². The number of carboxylic acid groups (broad SMARTS) is 1. The fourth-order valence-corrected chi connectivity index (χ4v) is 3.01. The third kappa shape index (κ3) is 2.22. The van der Waals surface area contributed by atoms with Crippen molar-refractivity contribution in [3.8, 4) is 0 Å². The molecule has 1 N–H and O–H groups in total. The summed E-state index contributed by atoms with van der Waals surface area (Å²) < 4.78 is 5.14. The van der Waals surface area contributed by atoms with Gasteiger partial charge in [-0.2, -0.15) is 0 Å². The largest absolute Gasteiger partial charge is 0.481 e. The van der Waals surface area contributed by atoms with E-state index in [-0.39, 0.29) is 18.4 Å². The highest BCUT2D eigenvalue weighted by molar-refractivity contribution is 6.06. The number of amides is 1. The third-order valence-corrected chi connectivity index (χ3v) is 4.19. The molecule has 7 heteroatoms. The number of pyridine rings is 1. The summed E-state index contributed by atoms with van der Waals surface area (Å²) in [6, 6.07) is 1.70. The van der Waals surface area contributed by atoms with Gasteiger partial charge in [-0.1, -0.05) is 12.1 Å². The van der Waals surface area contributed by atoms with Gasteiger partial charge in [0.15, 0.2) is 0 Å². The first-order valence-corrected chi connectivity index (χ1v) is 7.14. The van der Waals surface area contributed by atoms with Gasteiger partial charge in [-0.15, -0.1) is 0 Å². The minimum atomic E-state index is -0.861. The lowest BCUT2D eigenvalue weighted by atomic mass is 9.99. The van der Waals surface area contributed by atoms with Gasteiger partial charge >= 0.3 is 5.97 Å². The third-order valence-electron chi connectivity index (χ3n) is 4.19. The summed E-state index contributed by atoms with van der Waals surface area (Å²) in [5.41, 5.74) is 2.07. The maximum atomic E-state index is 12.8. The van der Waals surface area contributed by atoms with E-state index in [9.17, 15) is 14.7 Å². The monoisotopic (exact) mass is 303 g/mol. The highest BCUT2D eigenvalue weighted by Gasteiger charge is 2.38. The number of carbonyl (C=O) groups excluding carboxylic acids is 1. The minimum Gasteiger partial charge on any atom is -0.481 e. The fourth-order valence-electron chi connectivity index (χ4n) is 3.01. The van der Waals surface area contributed by atoms with Crippen LogP contribution in [-0.4, -0.2) is 45.1 Å². The van der Waals surface area contributed by atoms with Crippen molar-refractivity contribution in [2.24, 2.45) is 11.8 Å². The number of aliphatic carboxylic acids is 1. The lowest BCUT2D eigenvalue weighted by Gasteiger charge is -2.16. The Morgan fingerprint density at radius 2 is 2.09 bits per heavy atom. The molecule has 116 valence electrons. The van der Waals surface area contributed by atoms with Crippen LogP contribution in [-0.2, 0) is 4.79 Å². The highest BCUT2D eigenvalue weighted by atomic mass is 16.5. The molecule has 2 atom stereocenters. The van der Waals surface area contributed by atoms with Crippen molar-refractivity contribution in [1.82, 2.24) is 15.0 Å². The summed E-state index contributed by atoms with van der Waals surface area (Å²) in [6.45, 7) is 6.04. The Balaban J connectivity index is 2.00. The summed E-state index contributed by atoms with van der Waals surface area (Å²) in [6.07, 6.45) is 0. The molecule has 1 saturated heterocycles. The van der Waals surface area contributed by atoms with E-state index in [1.807, 2.05) is 6.92 Å². The van der Waals surface area contributed by atoms with E-state index in [2.05, 4.69) is 10.1 Å². The number of aromatic nitrogens is 2. The molecule has 3 rings (SSSR count). The molecule has 7 nitrogen and oxygen atoms in total. The van der Waals surface area contributed by atoms with Crippen LogP contribution < -0.4 is 0 Å². The Labute approximate surface area is 126 Å². The topological polar surface area (TPSA) is 96.5 Å². The summed E-state index contributed by atoms with van der Waals surface area (Å²) in [4.78, 5) is 29.9. The number of carboxylic acids is 1. The standard InChI is InChI=1S/C15H17N3O4/c1-7-5-18(6-11(7)15(20)21)14(19)10-4-8(2)16-13-12(10)9(3)17-22-13/h4,7,11H,5-6H2,1-3H3,(H,20,21)/t7-,11-/m1/s1. The second-order valence-electron chi connectivity index (χ2n) is 5.89. The Kier molecular flexibility index (Phi) is 3.35. The Hall–Kier alpha value is -2.44. The number of hydrogen-bond acceptors (Lipinski definition) is 5. The van der Waals surface area contributed by atoms with E-state index in [1.165, 1.54) is 0 Å². The van der Waals surface area contributed by atoms with Crippen LogP contribution in [0.4, 0.5) is 0 Å². The summed E-state index contributed by atoms with van der Waals surface area (Å²) in [5, 5.41) is 13.7. The Morgan fingerprint density at radius 1 is 1.36 bits per heavy atom. The van der Waals surface area contributed by atoms with Gasteiger partial charge in [-0.3, -0.25) is 9.59 Å². The van der Waals surface area contributed by atoms with E-state index >= 15 is 0 Å². The predicted octanol–water partition coefficient (Wildman–Crippen LogP) is 1.63.